The van der Waals surface area contributed by atoms with Gasteiger partial charge < -0.3 is 26.4 Å². The van der Waals surface area contributed by atoms with Crippen LogP contribution in [0.4, 0.5) is 0 Å². The van der Waals surface area contributed by atoms with Crippen LogP contribution in [0.1, 0.15) is 39.5 Å². The Hall–Kier alpha value is -1.81. The number of unbranched alkanes of at least 4 members (excludes halogenated alkanes) is 1. The fourth-order valence-corrected chi connectivity index (χ4v) is 2.68. The summed E-state index contributed by atoms with van der Waals surface area (Å²) in [7, 11) is 0. The van der Waals surface area contributed by atoms with Crippen LogP contribution in [-0.4, -0.2) is 67.5 Å². The number of hydrogen-bond donors (Lipinski definition) is 4. The minimum atomic E-state index is -0.801. The Kier molecular flexibility index (Phi) is 14.2. The predicted octanol–water partition coefficient (Wildman–Crippen LogP) is -0.463. The average Bonchev–Trinajstić information content (AvgIpc) is 2.62. The molecule has 9 nitrogen and oxygen atoms in total. The van der Waals surface area contributed by atoms with Crippen LogP contribution in [0.5, 0.6) is 0 Å². The van der Waals surface area contributed by atoms with Gasteiger partial charge >= 0.3 is 5.97 Å². The molecule has 2 atom stereocenters. The van der Waals surface area contributed by atoms with Crippen LogP contribution in [0, 0.1) is 0 Å². The number of hydrogen-bond acceptors (Lipinski definition) is 7. The number of carbonyl (C=O) groups is 4. The Balaban J connectivity index is 4.93. The van der Waals surface area contributed by atoms with Crippen LogP contribution >= 0.6 is 11.8 Å². The molecule has 0 spiro atoms. The molecule has 0 rings (SSSR count). The van der Waals surface area contributed by atoms with Gasteiger partial charge in [0.15, 0.2) is 0 Å². The summed E-state index contributed by atoms with van der Waals surface area (Å²) in [6.07, 6.45) is 4.11. The van der Waals surface area contributed by atoms with Gasteiger partial charge in [-0.3, -0.25) is 14.4 Å². The lowest BCUT2D eigenvalue weighted by Crippen LogP contribution is -2.53. The average molecular weight is 405 g/mol. The predicted molar refractivity (Wildman–Crippen MR) is 105 cm³/mol. The van der Waals surface area contributed by atoms with Gasteiger partial charge in [-0.1, -0.05) is 0 Å². The Labute approximate surface area is 164 Å². The van der Waals surface area contributed by atoms with Gasteiger partial charge in [0.1, 0.15) is 12.1 Å². The molecule has 0 fully saturated rings. The summed E-state index contributed by atoms with van der Waals surface area (Å²) in [4.78, 5) is 47.6. The number of amides is 3. The van der Waals surface area contributed by atoms with Gasteiger partial charge in [-0.2, -0.15) is 11.8 Å². The Morgan fingerprint density at radius 1 is 1.07 bits per heavy atom. The number of esters is 1. The van der Waals surface area contributed by atoms with Crippen LogP contribution < -0.4 is 21.7 Å². The van der Waals surface area contributed by atoms with Gasteiger partial charge in [-0.25, -0.2) is 4.79 Å². The Morgan fingerprint density at radius 2 is 1.78 bits per heavy atom. The molecular weight excluding hydrogens is 372 g/mol. The lowest BCUT2D eigenvalue weighted by molar-refractivity contribution is -0.148. The molecule has 5 N–H and O–H groups in total. The third kappa shape index (κ3) is 12.2. The second-order valence-corrected chi connectivity index (χ2v) is 6.89. The van der Waals surface area contributed by atoms with Gasteiger partial charge in [-0.15, -0.1) is 0 Å². The van der Waals surface area contributed by atoms with E-state index >= 15 is 0 Å². The van der Waals surface area contributed by atoms with Crippen molar-refractivity contribution in [3.8, 4) is 0 Å². The molecule has 0 aliphatic heterocycles. The number of nitrogens with two attached hydrogens (primary N) is 1. The highest BCUT2D eigenvalue weighted by molar-refractivity contribution is 7.98. The van der Waals surface area contributed by atoms with Crippen molar-refractivity contribution in [2.24, 2.45) is 5.73 Å². The normalized spacial score (nSPS) is 12.6. The molecule has 0 aromatic rings. The lowest BCUT2D eigenvalue weighted by Gasteiger charge is -2.22. The second-order valence-electron chi connectivity index (χ2n) is 5.91. The van der Waals surface area contributed by atoms with E-state index in [1.54, 1.807) is 6.92 Å². The van der Waals surface area contributed by atoms with E-state index in [1.807, 2.05) is 6.26 Å². The van der Waals surface area contributed by atoms with Crippen LogP contribution in [-0.2, 0) is 23.9 Å². The molecule has 27 heavy (non-hydrogen) atoms. The summed E-state index contributed by atoms with van der Waals surface area (Å²) in [6, 6.07) is -1.59. The molecule has 0 bridgehead atoms. The molecule has 0 saturated heterocycles. The molecule has 0 radical (unpaired) electrons. The summed E-state index contributed by atoms with van der Waals surface area (Å²) in [5.74, 6) is -1.11. The molecule has 0 aliphatic rings. The summed E-state index contributed by atoms with van der Waals surface area (Å²) >= 11 is 1.54. The molecular formula is C17H32N4O5S. The van der Waals surface area contributed by atoms with Gasteiger partial charge in [0.25, 0.3) is 0 Å². The number of nitrogens with one attached hydrogen (secondary N) is 3. The molecule has 0 saturated carbocycles. The van der Waals surface area contributed by atoms with Crippen molar-refractivity contribution in [1.82, 2.24) is 16.0 Å². The summed E-state index contributed by atoms with van der Waals surface area (Å²) in [6.45, 7) is 3.50. The van der Waals surface area contributed by atoms with E-state index in [4.69, 9.17) is 10.5 Å². The first-order chi connectivity index (χ1) is 12.8. The SMILES string of the molecule is CCOC(=O)C(CCCCN)NC(=O)C(CCSC)NC(=O)CNC(C)=O. The molecule has 10 heteroatoms. The van der Waals surface area contributed by atoms with E-state index in [-0.39, 0.29) is 19.1 Å². The van der Waals surface area contributed by atoms with Crippen LogP contribution in [0.25, 0.3) is 0 Å². The van der Waals surface area contributed by atoms with Gasteiger partial charge in [0.05, 0.1) is 13.2 Å². The molecule has 156 valence electrons. The smallest absolute Gasteiger partial charge is 0.328 e. The number of carbonyl (C=O) groups excluding carboxylic acids is 4. The van der Waals surface area contributed by atoms with Crippen molar-refractivity contribution in [1.29, 1.82) is 0 Å². The van der Waals surface area contributed by atoms with Gasteiger partial charge in [0.2, 0.25) is 17.7 Å². The number of thioether (sulfide) groups is 1. The first-order valence-corrected chi connectivity index (χ1v) is 10.4. The van der Waals surface area contributed by atoms with E-state index in [1.165, 1.54) is 18.7 Å². The van der Waals surface area contributed by atoms with Crippen molar-refractivity contribution < 1.29 is 23.9 Å². The molecule has 0 aromatic heterocycles. The van der Waals surface area contributed by atoms with E-state index in [0.717, 1.165) is 6.42 Å². The third-order valence-electron chi connectivity index (χ3n) is 3.59. The van der Waals surface area contributed by atoms with Crippen molar-refractivity contribution in [2.75, 3.05) is 31.7 Å². The second kappa shape index (κ2) is 15.3. The minimum absolute atomic E-state index is 0.212. The fourth-order valence-electron chi connectivity index (χ4n) is 2.21. The zero-order valence-corrected chi connectivity index (χ0v) is 17.2. The van der Waals surface area contributed by atoms with Crippen LogP contribution in [0.15, 0.2) is 0 Å². The molecule has 0 heterocycles. The first-order valence-electron chi connectivity index (χ1n) is 9.05. The molecule has 0 aliphatic carbocycles. The highest BCUT2D eigenvalue weighted by Gasteiger charge is 2.27. The van der Waals surface area contributed by atoms with E-state index in [0.29, 0.717) is 31.6 Å². The molecule has 0 aromatic carbocycles. The first kappa shape index (κ1) is 25.2. The van der Waals surface area contributed by atoms with Crippen molar-refractivity contribution in [2.45, 2.75) is 51.6 Å². The van der Waals surface area contributed by atoms with Gasteiger partial charge in [0, 0.05) is 6.92 Å². The van der Waals surface area contributed by atoms with Crippen molar-refractivity contribution >= 4 is 35.5 Å². The van der Waals surface area contributed by atoms with Crippen molar-refractivity contribution in [3.05, 3.63) is 0 Å². The van der Waals surface area contributed by atoms with Gasteiger partial charge in [-0.05, 0) is 51.2 Å². The standard InChI is InChI=1S/C17H32N4O5S/c1-4-26-17(25)14(7-5-6-9-18)21-16(24)13(8-10-27-3)20-15(23)11-19-12(2)22/h13-14H,4-11,18H2,1-3H3,(H,19,22)(H,20,23)(H,21,24). The summed E-state index contributed by atoms with van der Waals surface area (Å²) in [5, 5.41) is 7.66. The number of ether oxygens (including phenoxy) is 1. The largest absolute Gasteiger partial charge is 0.464 e. The quantitative estimate of drug-likeness (QED) is 0.227. The zero-order valence-electron chi connectivity index (χ0n) is 16.3. The Morgan fingerprint density at radius 3 is 2.33 bits per heavy atom. The lowest BCUT2D eigenvalue weighted by atomic mass is 10.1. The highest BCUT2D eigenvalue weighted by atomic mass is 32.2. The molecule has 3 amide bonds. The zero-order chi connectivity index (χ0) is 20.7. The van der Waals surface area contributed by atoms with Crippen molar-refractivity contribution in [3.63, 3.8) is 0 Å². The summed E-state index contributed by atoms with van der Waals surface area (Å²) in [5.41, 5.74) is 5.48. The maximum absolute atomic E-state index is 12.6. The highest BCUT2D eigenvalue weighted by Crippen LogP contribution is 2.06. The molecule has 2 unspecified atom stereocenters. The van der Waals surface area contributed by atoms with Crippen LogP contribution in [0.3, 0.4) is 0 Å². The van der Waals surface area contributed by atoms with E-state index in [2.05, 4.69) is 16.0 Å². The minimum Gasteiger partial charge on any atom is -0.464 e. The maximum atomic E-state index is 12.6. The Bertz CT molecular complexity index is 490. The maximum Gasteiger partial charge on any atom is 0.328 e. The fraction of sp³-hybridized carbons (Fsp3) is 0.765. The number of rotatable bonds is 14. The van der Waals surface area contributed by atoms with E-state index in [9.17, 15) is 19.2 Å². The van der Waals surface area contributed by atoms with E-state index < -0.39 is 29.9 Å². The monoisotopic (exact) mass is 404 g/mol. The topological polar surface area (TPSA) is 140 Å². The summed E-state index contributed by atoms with van der Waals surface area (Å²) < 4.78 is 5.02. The third-order valence-corrected chi connectivity index (χ3v) is 4.24. The van der Waals surface area contributed by atoms with Crippen LogP contribution in [0.2, 0.25) is 0 Å².